The summed E-state index contributed by atoms with van der Waals surface area (Å²) in [6.07, 6.45) is 2.87. The molecular weight excluding hydrogens is 380 g/mol. The van der Waals surface area contributed by atoms with Crippen molar-refractivity contribution in [1.82, 2.24) is 5.32 Å². The first-order chi connectivity index (χ1) is 11.0. The molecule has 1 fully saturated rings. The Hall–Kier alpha value is -2.25. The van der Waals surface area contributed by atoms with Crippen molar-refractivity contribution in [2.45, 2.75) is 6.92 Å². The van der Waals surface area contributed by atoms with Gasteiger partial charge in [0.25, 0.3) is 11.8 Å². The Morgan fingerprint density at radius 3 is 2.74 bits per heavy atom. The van der Waals surface area contributed by atoms with E-state index in [2.05, 4.69) is 21.2 Å². The molecule has 1 N–H and O–H groups in total. The molecule has 0 bridgehead atoms. The van der Waals surface area contributed by atoms with Crippen LogP contribution in [0.4, 0.5) is 5.69 Å². The highest BCUT2D eigenvalue weighted by Crippen LogP contribution is 2.27. The molecule has 2 amide bonds. The van der Waals surface area contributed by atoms with Gasteiger partial charge in [-0.05, 0) is 61.1 Å². The molecule has 23 heavy (non-hydrogen) atoms. The Kier molecular flexibility index (Phi) is 4.14. The largest absolute Gasteiger partial charge is 0.465 e. The molecule has 1 saturated heterocycles. The van der Waals surface area contributed by atoms with E-state index in [1.165, 1.54) is 17.2 Å². The van der Waals surface area contributed by atoms with E-state index in [9.17, 15) is 9.59 Å². The molecule has 0 saturated carbocycles. The summed E-state index contributed by atoms with van der Waals surface area (Å²) < 4.78 is 6.07. The summed E-state index contributed by atoms with van der Waals surface area (Å²) >= 11 is 8.55. The minimum Gasteiger partial charge on any atom is -0.465 e. The molecule has 0 unspecified atom stereocenters. The predicted octanol–water partition coefficient (Wildman–Crippen LogP) is 3.18. The van der Waals surface area contributed by atoms with Crippen LogP contribution in [0.1, 0.15) is 11.3 Å². The van der Waals surface area contributed by atoms with E-state index in [4.69, 9.17) is 16.6 Å². The molecular formula is C16H11BrN2O3S. The SMILES string of the molecule is Cc1cc(Br)ccc1N1C(=O)/C(=C\c2ccco2)C(=O)NC1=S. The summed E-state index contributed by atoms with van der Waals surface area (Å²) in [6.45, 7) is 1.86. The average molecular weight is 391 g/mol. The van der Waals surface area contributed by atoms with E-state index in [0.29, 0.717) is 11.4 Å². The van der Waals surface area contributed by atoms with Gasteiger partial charge in [-0.1, -0.05) is 15.9 Å². The lowest BCUT2D eigenvalue weighted by molar-refractivity contribution is -0.122. The molecule has 0 spiro atoms. The van der Waals surface area contributed by atoms with Crippen molar-refractivity contribution in [2.75, 3.05) is 4.90 Å². The van der Waals surface area contributed by atoms with Gasteiger partial charge in [0.1, 0.15) is 11.3 Å². The van der Waals surface area contributed by atoms with Crippen LogP contribution in [-0.2, 0) is 9.59 Å². The molecule has 2 heterocycles. The zero-order chi connectivity index (χ0) is 16.6. The third kappa shape index (κ3) is 2.97. The number of anilines is 1. The number of furan rings is 1. The number of hydrogen-bond acceptors (Lipinski definition) is 4. The van der Waals surface area contributed by atoms with E-state index in [0.717, 1.165) is 10.0 Å². The molecule has 1 aliphatic rings. The molecule has 0 aliphatic carbocycles. The maximum atomic E-state index is 12.8. The fourth-order valence-corrected chi connectivity index (χ4v) is 3.01. The number of nitrogens with one attached hydrogen (secondary N) is 1. The molecule has 7 heteroatoms. The number of aryl methyl sites for hydroxylation is 1. The lowest BCUT2D eigenvalue weighted by Crippen LogP contribution is -2.54. The molecule has 3 rings (SSSR count). The normalized spacial score (nSPS) is 16.9. The third-order valence-corrected chi connectivity index (χ3v) is 4.11. The zero-order valence-corrected chi connectivity index (χ0v) is 14.4. The summed E-state index contributed by atoms with van der Waals surface area (Å²) in [6, 6.07) is 8.79. The lowest BCUT2D eigenvalue weighted by Gasteiger charge is -2.29. The van der Waals surface area contributed by atoms with Gasteiger partial charge in [-0.25, -0.2) is 0 Å². The molecule has 1 aliphatic heterocycles. The minimum absolute atomic E-state index is 0.0316. The van der Waals surface area contributed by atoms with Gasteiger partial charge >= 0.3 is 0 Å². The van der Waals surface area contributed by atoms with Crippen molar-refractivity contribution in [3.63, 3.8) is 0 Å². The first-order valence-corrected chi connectivity index (χ1v) is 7.88. The van der Waals surface area contributed by atoms with Crippen LogP contribution in [0.2, 0.25) is 0 Å². The van der Waals surface area contributed by atoms with Crippen LogP contribution in [0.15, 0.2) is 51.1 Å². The number of benzene rings is 1. The maximum Gasteiger partial charge on any atom is 0.270 e. The van der Waals surface area contributed by atoms with Crippen molar-refractivity contribution in [3.05, 3.63) is 58.0 Å². The minimum atomic E-state index is -0.539. The molecule has 1 aromatic heterocycles. The third-order valence-electron chi connectivity index (χ3n) is 3.33. The number of hydrogen-bond donors (Lipinski definition) is 1. The van der Waals surface area contributed by atoms with Crippen molar-refractivity contribution < 1.29 is 14.0 Å². The average Bonchev–Trinajstić information content (AvgIpc) is 2.98. The first-order valence-electron chi connectivity index (χ1n) is 6.68. The summed E-state index contributed by atoms with van der Waals surface area (Å²) in [5, 5.41) is 2.60. The van der Waals surface area contributed by atoms with Gasteiger partial charge in [0, 0.05) is 4.47 Å². The Balaban J connectivity index is 2.05. The maximum absolute atomic E-state index is 12.8. The molecule has 0 radical (unpaired) electrons. The first kappa shape index (κ1) is 15.6. The van der Waals surface area contributed by atoms with Crippen molar-refractivity contribution in [3.8, 4) is 0 Å². The van der Waals surface area contributed by atoms with E-state index in [1.54, 1.807) is 18.2 Å². The number of rotatable bonds is 2. The van der Waals surface area contributed by atoms with Gasteiger partial charge in [-0.2, -0.15) is 0 Å². The van der Waals surface area contributed by atoms with Crippen molar-refractivity contribution in [2.24, 2.45) is 0 Å². The highest BCUT2D eigenvalue weighted by Gasteiger charge is 2.35. The topological polar surface area (TPSA) is 62.6 Å². The molecule has 0 atom stereocenters. The van der Waals surface area contributed by atoms with Gasteiger partial charge < -0.3 is 4.42 Å². The summed E-state index contributed by atoms with van der Waals surface area (Å²) in [5.41, 5.74) is 1.44. The Morgan fingerprint density at radius 2 is 2.09 bits per heavy atom. The van der Waals surface area contributed by atoms with Crippen LogP contribution < -0.4 is 10.2 Å². The van der Waals surface area contributed by atoms with Gasteiger partial charge in [0.05, 0.1) is 12.0 Å². The van der Waals surface area contributed by atoms with Crippen LogP contribution in [0, 0.1) is 6.92 Å². The van der Waals surface area contributed by atoms with Crippen LogP contribution in [0.3, 0.4) is 0 Å². The van der Waals surface area contributed by atoms with Crippen LogP contribution in [-0.4, -0.2) is 16.9 Å². The summed E-state index contributed by atoms with van der Waals surface area (Å²) in [5.74, 6) is -0.605. The number of amides is 2. The van der Waals surface area contributed by atoms with Crippen LogP contribution in [0.25, 0.3) is 6.08 Å². The highest BCUT2D eigenvalue weighted by molar-refractivity contribution is 9.10. The number of halogens is 1. The lowest BCUT2D eigenvalue weighted by atomic mass is 10.1. The quantitative estimate of drug-likeness (QED) is 0.485. The van der Waals surface area contributed by atoms with E-state index < -0.39 is 11.8 Å². The molecule has 5 nitrogen and oxygen atoms in total. The molecule has 2 aromatic rings. The van der Waals surface area contributed by atoms with E-state index >= 15 is 0 Å². The smallest absolute Gasteiger partial charge is 0.270 e. The number of thiocarbonyl (C=S) groups is 1. The number of nitrogens with zero attached hydrogens (tertiary/aromatic N) is 1. The van der Waals surface area contributed by atoms with Crippen LogP contribution in [0.5, 0.6) is 0 Å². The Morgan fingerprint density at radius 1 is 1.30 bits per heavy atom. The number of carbonyl (C=O) groups excluding carboxylic acids is 2. The fraction of sp³-hybridized carbons (Fsp3) is 0.0625. The summed E-state index contributed by atoms with van der Waals surface area (Å²) in [4.78, 5) is 26.2. The van der Waals surface area contributed by atoms with Gasteiger partial charge in [-0.3, -0.25) is 19.8 Å². The standard InChI is InChI=1S/C16H11BrN2O3S/c1-9-7-10(17)4-5-13(9)19-15(21)12(14(20)18-16(19)23)8-11-3-2-6-22-11/h2-8H,1H3,(H,18,20,23)/b12-8-. The predicted molar refractivity (Wildman–Crippen MR) is 93.8 cm³/mol. The second-order valence-corrected chi connectivity index (χ2v) is 6.21. The zero-order valence-electron chi connectivity index (χ0n) is 12.0. The Bertz CT molecular complexity index is 843. The fourth-order valence-electron chi connectivity index (χ4n) is 2.26. The van der Waals surface area contributed by atoms with Gasteiger partial charge in [0.15, 0.2) is 5.11 Å². The number of carbonyl (C=O) groups is 2. The van der Waals surface area contributed by atoms with E-state index in [1.807, 2.05) is 19.1 Å². The highest BCUT2D eigenvalue weighted by atomic mass is 79.9. The van der Waals surface area contributed by atoms with Crippen LogP contribution >= 0.6 is 28.1 Å². The second kappa shape index (κ2) is 6.10. The van der Waals surface area contributed by atoms with Crippen molar-refractivity contribution in [1.29, 1.82) is 0 Å². The van der Waals surface area contributed by atoms with E-state index in [-0.39, 0.29) is 10.7 Å². The molecule has 1 aromatic carbocycles. The van der Waals surface area contributed by atoms with Gasteiger partial charge in [0.2, 0.25) is 0 Å². The Labute approximate surface area is 146 Å². The summed E-state index contributed by atoms with van der Waals surface area (Å²) in [7, 11) is 0. The monoisotopic (exact) mass is 390 g/mol. The second-order valence-electron chi connectivity index (χ2n) is 4.90. The van der Waals surface area contributed by atoms with Crippen molar-refractivity contribution >= 4 is 56.8 Å². The van der Waals surface area contributed by atoms with Gasteiger partial charge in [-0.15, -0.1) is 0 Å². The molecule has 116 valence electrons.